The van der Waals surface area contributed by atoms with Crippen molar-refractivity contribution >= 4 is 10.9 Å². The first-order chi connectivity index (χ1) is 13.2. The third-order valence-electron chi connectivity index (χ3n) is 4.12. The molecule has 0 aliphatic carbocycles. The highest BCUT2D eigenvalue weighted by atomic mass is 32.2. The second-order valence-electron chi connectivity index (χ2n) is 5.98. The van der Waals surface area contributed by atoms with Gasteiger partial charge in [0.15, 0.2) is 14.7 Å². The van der Waals surface area contributed by atoms with E-state index in [9.17, 15) is 0 Å². The zero-order valence-electron chi connectivity index (χ0n) is 16.0. The van der Waals surface area contributed by atoms with E-state index in [1.54, 1.807) is 14.2 Å². The Hall–Kier alpha value is -2.59. The van der Waals surface area contributed by atoms with Gasteiger partial charge in [-0.05, 0) is 79.2 Å². The molecule has 0 atom stereocenters. The van der Waals surface area contributed by atoms with Crippen molar-refractivity contribution in [2.45, 2.75) is 28.0 Å². The van der Waals surface area contributed by atoms with Gasteiger partial charge in [-0.3, -0.25) is 0 Å². The zero-order chi connectivity index (χ0) is 19.1. The van der Waals surface area contributed by atoms with E-state index in [0.717, 1.165) is 30.3 Å². The van der Waals surface area contributed by atoms with Crippen molar-refractivity contribution in [1.82, 2.24) is 0 Å². The van der Waals surface area contributed by atoms with E-state index in [4.69, 9.17) is 14.2 Å². The van der Waals surface area contributed by atoms with Gasteiger partial charge >= 0.3 is 0 Å². The van der Waals surface area contributed by atoms with E-state index >= 15 is 0 Å². The Balaban J connectivity index is 1.97. The Kier molecular flexibility index (Phi) is 6.66. The van der Waals surface area contributed by atoms with E-state index in [1.165, 1.54) is 14.7 Å². The fourth-order valence-corrected chi connectivity index (χ4v) is 4.76. The molecule has 0 N–H and O–H groups in total. The zero-order valence-corrected chi connectivity index (χ0v) is 16.8. The van der Waals surface area contributed by atoms with E-state index in [0.29, 0.717) is 0 Å². The van der Waals surface area contributed by atoms with Crippen LogP contribution in [0, 0.1) is 0 Å². The van der Waals surface area contributed by atoms with Gasteiger partial charge in [0.25, 0.3) is 0 Å². The van der Waals surface area contributed by atoms with Crippen LogP contribution >= 0.6 is 0 Å². The summed E-state index contributed by atoms with van der Waals surface area (Å²) in [4.78, 5) is 3.72. The molecule has 0 aromatic heterocycles. The van der Waals surface area contributed by atoms with Gasteiger partial charge < -0.3 is 14.2 Å². The SMILES string of the molecule is CCCOc1ccc([S+](c2ccc(OC)cc2)c2ccc(OC)cc2)cc1. The molecule has 0 unspecified atom stereocenters. The minimum absolute atomic E-state index is 0.216. The van der Waals surface area contributed by atoms with Crippen LogP contribution in [-0.2, 0) is 10.9 Å². The molecule has 0 aliphatic rings. The first-order valence-electron chi connectivity index (χ1n) is 9.00. The van der Waals surface area contributed by atoms with Crippen molar-refractivity contribution in [2.75, 3.05) is 20.8 Å². The summed E-state index contributed by atoms with van der Waals surface area (Å²) in [5, 5.41) is 0. The van der Waals surface area contributed by atoms with Crippen LogP contribution in [0.1, 0.15) is 13.3 Å². The highest BCUT2D eigenvalue weighted by Crippen LogP contribution is 2.33. The number of benzene rings is 3. The van der Waals surface area contributed by atoms with Gasteiger partial charge in [-0.2, -0.15) is 0 Å². The number of ether oxygens (including phenoxy) is 3. The van der Waals surface area contributed by atoms with Crippen molar-refractivity contribution in [3.8, 4) is 17.2 Å². The van der Waals surface area contributed by atoms with Crippen molar-refractivity contribution < 1.29 is 14.2 Å². The van der Waals surface area contributed by atoms with Crippen molar-refractivity contribution in [1.29, 1.82) is 0 Å². The standard InChI is InChI=1S/C23H25O3S/c1-4-17-26-20-9-15-23(16-10-20)27(21-11-5-18(24-2)6-12-21)22-13-7-19(25-3)8-14-22/h5-16H,4,17H2,1-3H3/q+1. The predicted octanol–water partition coefficient (Wildman–Crippen LogP) is 5.59. The summed E-state index contributed by atoms with van der Waals surface area (Å²) in [6.45, 7) is 2.85. The van der Waals surface area contributed by atoms with Crippen LogP contribution < -0.4 is 14.2 Å². The summed E-state index contributed by atoms with van der Waals surface area (Å²) >= 11 is 0. The predicted molar refractivity (Wildman–Crippen MR) is 110 cm³/mol. The maximum absolute atomic E-state index is 5.73. The Morgan fingerprint density at radius 1 is 0.593 bits per heavy atom. The lowest BCUT2D eigenvalue weighted by Crippen LogP contribution is -2.05. The minimum atomic E-state index is -0.216. The molecule has 0 spiro atoms. The quantitative estimate of drug-likeness (QED) is 0.476. The van der Waals surface area contributed by atoms with Gasteiger partial charge in [0.1, 0.15) is 17.2 Å². The normalized spacial score (nSPS) is 10.7. The second-order valence-corrected chi connectivity index (χ2v) is 8.00. The molecule has 140 valence electrons. The Morgan fingerprint density at radius 2 is 0.963 bits per heavy atom. The molecule has 3 aromatic rings. The minimum Gasteiger partial charge on any atom is -0.497 e. The van der Waals surface area contributed by atoms with E-state index < -0.39 is 0 Å². The summed E-state index contributed by atoms with van der Waals surface area (Å²) in [5.74, 6) is 2.63. The van der Waals surface area contributed by atoms with Crippen molar-refractivity contribution in [3.05, 3.63) is 72.8 Å². The van der Waals surface area contributed by atoms with Crippen LogP contribution in [-0.4, -0.2) is 20.8 Å². The number of hydrogen-bond donors (Lipinski definition) is 0. The summed E-state index contributed by atoms with van der Waals surface area (Å²) < 4.78 is 16.4. The molecule has 4 heteroatoms. The fraction of sp³-hybridized carbons (Fsp3) is 0.217. The Labute approximate surface area is 164 Å². The van der Waals surface area contributed by atoms with Crippen LogP contribution in [0.15, 0.2) is 87.5 Å². The first kappa shape index (κ1) is 19.2. The molecule has 0 bridgehead atoms. The van der Waals surface area contributed by atoms with Crippen LogP contribution in [0.2, 0.25) is 0 Å². The Morgan fingerprint density at radius 3 is 1.30 bits per heavy atom. The highest BCUT2D eigenvalue weighted by Gasteiger charge is 2.28. The van der Waals surface area contributed by atoms with Gasteiger partial charge in [-0.15, -0.1) is 0 Å². The molecule has 0 radical (unpaired) electrons. The third kappa shape index (κ3) is 4.77. The topological polar surface area (TPSA) is 27.7 Å². The van der Waals surface area contributed by atoms with E-state index in [1.807, 2.05) is 24.3 Å². The molecular formula is C23H25O3S+. The average molecular weight is 382 g/mol. The maximum Gasteiger partial charge on any atom is 0.166 e. The maximum atomic E-state index is 5.73. The average Bonchev–Trinajstić information content (AvgIpc) is 2.74. The molecule has 0 saturated heterocycles. The summed E-state index contributed by atoms with van der Waals surface area (Å²) in [7, 11) is 3.16. The molecule has 0 heterocycles. The summed E-state index contributed by atoms with van der Waals surface area (Å²) in [6, 6.07) is 25.0. The van der Waals surface area contributed by atoms with Crippen LogP contribution in [0.5, 0.6) is 17.2 Å². The summed E-state index contributed by atoms with van der Waals surface area (Å²) in [5.41, 5.74) is 0. The molecule has 27 heavy (non-hydrogen) atoms. The molecule has 0 saturated carbocycles. The van der Waals surface area contributed by atoms with Crippen molar-refractivity contribution in [2.24, 2.45) is 0 Å². The van der Waals surface area contributed by atoms with Gasteiger partial charge in [0.05, 0.1) is 31.7 Å². The lowest BCUT2D eigenvalue weighted by molar-refractivity contribution is 0.317. The first-order valence-corrected chi connectivity index (χ1v) is 10.2. The molecule has 0 aliphatic heterocycles. The lowest BCUT2D eigenvalue weighted by atomic mass is 10.3. The highest BCUT2D eigenvalue weighted by molar-refractivity contribution is 7.97. The van der Waals surface area contributed by atoms with Crippen LogP contribution in [0.4, 0.5) is 0 Å². The van der Waals surface area contributed by atoms with Gasteiger partial charge in [-0.1, -0.05) is 6.92 Å². The lowest BCUT2D eigenvalue weighted by Gasteiger charge is -2.10. The molecule has 0 fully saturated rings. The van der Waals surface area contributed by atoms with Gasteiger partial charge in [-0.25, -0.2) is 0 Å². The fourth-order valence-electron chi connectivity index (χ4n) is 2.72. The number of rotatable bonds is 8. The number of methoxy groups -OCH3 is 2. The molecule has 0 amide bonds. The molecule has 3 rings (SSSR count). The van der Waals surface area contributed by atoms with Crippen LogP contribution in [0.3, 0.4) is 0 Å². The third-order valence-corrected chi connectivity index (χ3v) is 6.35. The summed E-state index contributed by atoms with van der Waals surface area (Å²) in [6.07, 6.45) is 1.00. The van der Waals surface area contributed by atoms with E-state index in [2.05, 4.69) is 55.5 Å². The molecule has 3 nitrogen and oxygen atoms in total. The smallest absolute Gasteiger partial charge is 0.166 e. The Bertz CT molecular complexity index is 780. The largest absolute Gasteiger partial charge is 0.497 e. The van der Waals surface area contributed by atoms with Gasteiger partial charge in [0.2, 0.25) is 0 Å². The molecular weight excluding hydrogens is 356 g/mol. The number of hydrogen-bond acceptors (Lipinski definition) is 3. The van der Waals surface area contributed by atoms with Crippen molar-refractivity contribution in [3.63, 3.8) is 0 Å². The second kappa shape index (κ2) is 9.38. The van der Waals surface area contributed by atoms with Gasteiger partial charge in [0, 0.05) is 0 Å². The van der Waals surface area contributed by atoms with E-state index in [-0.39, 0.29) is 10.9 Å². The monoisotopic (exact) mass is 381 g/mol. The molecule has 3 aromatic carbocycles. The van der Waals surface area contributed by atoms with Crippen LogP contribution in [0.25, 0.3) is 0 Å².